The fourth-order valence-corrected chi connectivity index (χ4v) is 2.10. The second-order valence-electron chi connectivity index (χ2n) is 4.93. The molecule has 1 amide bonds. The second kappa shape index (κ2) is 6.83. The van der Waals surface area contributed by atoms with Gasteiger partial charge in [-0.2, -0.15) is 4.98 Å². The van der Waals surface area contributed by atoms with E-state index >= 15 is 0 Å². The summed E-state index contributed by atoms with van der Waals surface area (Å²) >= 11 is 0. The first-order chi connectivity index (χ1) is 11.2. The molecule has 5 nitrogen and oxygen atoms in total. The van der Waals surface area contributed by atoms with Crippen molar-refractivity contribution in [1.82, 2.24) is 15.5 Å². The minimum absolute atomic E-state index is 0.0134. The van der Waals surface area contributed by atoms with Gasteiger partial charge in [0.15, 0.2) is 5.82 Å². The van der Waals surface area contributed by atoms with E-state index in [1.807, 2.05) is 30.3 Å². The highest BCUT2D eigenvalue weighted by molar-refractivity contribution is 5.94. The van der Waals surface area contributed by atoms with E-state index in [9.17, 15) is 9.18 Å². The van der Waals surface area contributed by atoms with Crippen molar-refractivity contribution >= 4 is 5.91 Å². The van der Waals surface area contributed by atoms with Crippen LogP contribution in [0, 0.1) is 5.82 Å². The molecule has 0 aliphatic carbocycles. The highest BCUT2D eigenvalue weighted by Crippen LogP contribution is 2.08. The van der Waals surface area contributed by atoms with E-state index in [1.165, 1.54) is 18.2 Å². The number of nitrogens with zero attached hydrogens (tertiary/aromatic N) is 2. The molecule has 0 bridgehead atoms. The molecule has 6 heteroatoms. The molecule has 0 saturated carbocycles. The average Bonchev–Trinajstić information content (AvgIpc) is 3.01. The first-order valence-corrected chi connectivity index (χ1v) is 7.10. The third-order valence-corrected chi connectivity index (χ3v) is 3.23. The van der Waals surface area contributed by atoms with Gasteiger partial charge in [0.2, 0.25) is 5.89 Å². The number of hydrogen-bond donors (Lipinski definition) is 1. The summed E-state index contributed by atoms with van der Waals surface area (Å²) in [6.45, 7) is 0.0749. The minimum atomic E-state index is -0.567. The summed E-state index contributed by atoms with van der Waals surface area (Å²) in [5, 5.41) is 6.38. The molecule has 1 N–H and O–H groups in total. The van der Waals surface area contributed by atoms with Crippen molar-refractivity contribution in [3.63, 3.8) is 0 Å². The SMILES string of the molecule is O=C(NCc1noc(Cc2ccccc2)n1)c1ccccc1F. The molecule has 2 aromatic carbocycles. The zero-order valence-electron chi connectivity index (χ0n) is 12.2. The third-order valence-electron chi connectivity index (χ3n) is 3.23. The number of aromatic nitrogens is 2. The van der Waals surface area contributed by atoms with E-state index in [2.05, 4.69) is 15.5 Å². The van der Waals surface area contributed by atoms with Crippen molar-refractivity contribution in [3.8, 4) is 0 Å². The standard InChI is InChI=1S/C17H14FN3O2/c18-14-9-5-4-8-13(14)17(22)19-11-15-20-16(23-21-15)10-12-6-2-1-3-7-12/h1-9H,10-11H2,(H,19,22). The number of rotatable bonds is 5. The Hall–Kier alpha value is -3.02. The largest absolute Gasteiger partial charge is 0.345 e. The number of benzene rings is 2. The van der Waals surface area contributed by atoms with E-state index < -0.39 is 11.7 Å². The van der Waals surface area contributed by atoms with Crippen LogP contribution in [-0.2, 0) is 13.0 Å². The summed E-state index contributed by atoms with van der Waals surface area (Å²) in [6, 6.07) is 15.5. The Kier molecular flexibility index (Phi) is 4.42. The number of halogens is 1. The van der Waals surface area contributed by atoms with E-state index in [1.54, 1.807) is 6.07 Å². The molecule has 0 unspecified atom stereocenters. The predicted octanol–water partition coefficient (Wildman–Crippen LogP) is 2.73. The summed E-state index contributed by atoms with van der Waals surface area (Å²) in [7, 11) is 0. The average molecular weight is 311 g/mol. The van der Waals surface area contributed by atoms with Gasteiger partial charge in [0, 0.05) is 0 Å². The third kappa shape index (κ3) is 3.79. The molecule has 0 spiro atoms. The minimum Gasteiger partial charge on any atom is -0.345 e. The van der Waals surface area contributed by atoms with Gasteiger partial charge in [0.1, 0.15) is 5.82 Å². The Balaban J connectivity index is 1.59. The van der Waals surface area contributed by atoms with Gasteiger partial charge in [-0.15, -0.1) is 0 Å². The van der Waals surface area contributed by atoms with Crippen LogP contribution in [0.25, 0.3) is 0 Å². The lowest BCUT2D eigenvalue weighted by atomic mass is 10.1. The molecule has 3 aromatic rings. The van der Waals surface area contributed by atoms with Gasteiger partial charge in [0.25, 0.3) is 5.91 Å². The van der Waals surface area contributed by atoms with Crippen LogP contribution in [0.5, 0.6) is 0 Å². The van der Waals surface area contributed by atoms with Gasteiger partial charge in [-0.3, -0.25) is 4.79 Å². The zero-order chi connectivity index (χ0) is 16.1. The summed E-state index contributed by atoms with van der Waals surface area (Å²) in [6.07, 6.45) is 0.523. The number of carbonyl (C=O) groups is 1. The molecule has 0 aliphatic rings. The lowest BCUT2D eigenvalue weighted by Gasteiger charge is -2.03. The van der Waals surface area contributed by atoms with Crippen LogP contribution in [-0.4, -0.2) is 16.0 Å². The highest BCUT2D eigenvalue weighted by Gasteiger charge is 2.12. The topological polar surface area (TPSA) is 68.0 Å². The van der Waals surface area contributed by atoms with Crippen molar-refractivity contribution < 1.29 is 13.7 Å². The Morgan fingerprint density at radius 3 is 2.61 bits per heavy atom. The predicted molar refractivity (Wildman–Crippen MR) is 81.1 cm³/mol. The zero-order valence-corrected chi connectivity index (χ0v) is 12.2. The molecule has 0 atom stereocenters. The summed E-state index contributed by atoms with van der Waals surface area (Å²) in [4.78, 5) is 16.1. The molecular formula is C17H14FN3O2. The normalized spacial score (nSPS) is 10.5. The smallest absolute Gasteiger partial charge is 0.254 e. The number of nitrogens with one attached hydrogen (secondary N) is 1. The van der Waals surface area contributed by atoms with Gasteiger partial charge in [-0.05, 0) is 17.7 Å². The van der Waals surface area contributed by atoms with Gasteiger partial charge in [-0.1, -0.05) is 47.6 Å². The Morgan fingerprint density at radius 2 is 1.83 bits per heavy atom. The number of hydrogen-bond acceptors (Lipinski definition) is 4. The maximum absolute atomic E-state index is 13.5. The van der Waals surface area contributed by atoms with Gasteiger partial charge in [-0.25, -0.2) is 4.39 Å². The second-order valence-corrected chi connectivity index (χ2v) is 4.93. The van der Waals surface area contributed by atoms with Crippen molar-refractivity contribution in [2.75, 3.05) is 0 Å². The summed E-state index contributed by atoms with van der Waals surface area (Å²) in [5.74, 6) is -0.271. The molecule has 3 rings (SSSR count). The van der Waals surface area contributed by atoms with Gasteiger partial charge in [0.05, 0.1) is 18.5 Å². The molecule has 1 heterocycles. The molecule has 23 heavy (non-hydrogen) atoms. The van der Waals surface area contributed by atoms with E-state index in [-0.39, 0.29) is 12.1 Å². The molecule has 0 fully saturated rings. The highest BCUT2D eigenvalue weighted by atomic mass is 19.1. The van der Waals surface area contributed by atoms with Gasteiger partial charge >= 0.3 is 0 Å². The van der Waals surface area contributed by atoms with Crippen molar-refractivity contribution in [3.05, 3.63) is 83.3 Å². The fraction of sp³-hybridized carbons (Fsp3) is 0.118. The van der Waals surface area contributed by atoms with Crippen molar-refractivity contribution in [2.45, 2.75) is 13.0 Å². The molecule has 0 aliphatic heterocycles. The molecule has 116 valence electrons. The lowest BCUT2D eigenvalue weighted by molar-refractivity contribution is 0.0945. The Labute approximate surface area is 132 Å². The summed E-state index contributed by atoms with van der Waals surface area (Å²) in [5.41, 5.74) is 1.04. The van der Waals surface area contributed by atoms with Crippen LogP contribution in [0.4, 0.5) is 4.39 Å². The van der Waals surface area contributed by atoms with Crippen LogP contribution in [0.3, 0.4) is 0 Å². The van der Waals surface area contributed by atoms with Crippen LogP contribution in [0.1, 0.15) is 27.6 Å². The van der Waals surface area contributed by atoms with Crippen molar-refractivity contribution in [2.24, 2.45) is 0 Å². The van der Waals surface area contributed by atoms with E-state index in [0.29, 0.717) is 18.1 Å². The van der Waals surface area contributed by atoms with Crippen molar-refractivity contribution in [1.29, 1.82) is 0 Å². The molecular weight excluding hydrogens is 297 g/mol. The maximum atomic E-state index is 13.5. The Bertz CT molecular complexity index is 802. The first-order valence-electron chi connectivity index (χ1n) is 7.10. The van der Waals surface area contributed by atoms with Crippen LogP contribution < -0.4 is 5.32 Å². The maximum Gasteiger partial charge on any atom is 0.254 e. The molecule has 0 saturated heterocycles. The van der Waals surface area contributed by atoms with Gasteiger partial charge < -0.3 is 9.84 Å². The quantitative estimate of drug-likeness (QED) is 0.786. The summed E-state index contributed by atoms with van der Waals surface area (Å²) < 4.78 is 18.6. The number of carbonyl (C=O) groups excluding carboxylic acids is 1. The molecule has 0 radical (unpaired) electrons. The van der Waals surface area contributed by atoms with Crippen LogP contribution >= 0.6 is 0 Å². The number of amides is 1. The van der Waals surface area contributed by atoms with E-state index in [0.717, 1.165) is 5.56 Å². The Morgan fingerprint density at radius 1 is 1.09 bits per heavy atom. The van der Waals surface area contributed by atoms with E-state index in [4.69, 9.17) is 4.52 Å². The fourth-order valence-electron chi connectivity index (χ4n) is 2.10. The monoisotopic (exact) mass is 311 g/mol. The molecule has 1 aromatic heterocycles. The van der Waals surface area contributed by atoms with Crippen LogP contribution in [0.2, 0.25) is 0 Å². The first kappa shape index (κ1) is 14.9. The lowest BCUT2D eigenvalue weighted by Crippen LogP contribution is -2.24. The van der Waals surface area contributed by atoms with Crippen LogP contribution in [0.15, 0.2) is 59.1 Å².